The minimum Gasteiger partial charge on any atom is -0.461 e. The Morgan fingerprint density at radius 2 is 2.43 bits per heavy atom. The molecule has 0 saturated carbocycles. The second kappa shape index (κ2) is 5.07. The quantitative estimate of drug-likeness (QED) is 0.578. The zero-order valence-electron chi connectivity index (χ0n) is 7.73. The molecule has 1 rings (SSSR count). The second-order valence-corrected chi connectivity index (χ2v) is 3.48. The maximum absolute atomic E-state index is 5.31. The Kier molecular flexibility index (Phi) is 4.03. The molecule has 1 aliphatic rings. The van der Waals surface area contributed by atoms with Crippen LogP contribution in [0.4, 0.5) is 0 Å². The number of nitrogens with zero attached hydrogens (tertiary/aromatic N) is 1. The molecule has 0 bridgehead atoms. The molecule has 0 amide bonds. The van der Waals surface area contributed by atoms with E-state index in [2.05, 4.69) is 18.5 Å². The fourth-order valence-corrected chi connectivity index (χ4v) is 1.62. The van der Waals surface area contributed by atoms with Gasteiger partial charge < -0.3 is 10.1 Å². The van der Waals surface area contributed by atoms with Crippen molar-refractivity contribution in [1.29, 1.82) is 0 Å². The van der Waals surface area contributed by atoms with E-state index in [1.54, 1.807) is 17.1 Å². The Hall–Kier alpha value is -0.940. The molecule has 1 heterocycles. The van der Waals surface area contributed by atoms with Crippen molar-refractivity contribution >= 4 is 34.7 Å². The van der Waals surface area contributed by atoms with Crippen LogP contribution in [0.1, 0.15) is 0 Å². The molecule has 14 heavy (non-hydrogen) atoms. The number of nitrogens with one attached hydrogen (secondary N) is 1. The molecule has 0 aromatic heterocycles. The van der Waals surface area contributed by atoms with E-state index < -0.39 is 0 Å². The number of hydrogen-bond acceptors (Lipinski definition) is 3. The molecule has 0 spiro atoms. The van der Waals surface area contributed by atoms with Crippen molar-refractivity contribution in [2.45, 2.75) is 6.10 Å². The van der Waals surface area contributed by atoms with Crippen LogP contribution in [-0.2, 0) is 4.74 Å². The molecule has 5 heteroatoms. The van der Waals surface area contributed by atoms with E-state index in [1.807, 2.05) is 0 Å². The van der Waals surface area contributed by atoms with Crippen LogP contribution < -0.4 is 5.32 Å². The fraction of sp³-hybridized carbons (Fsp3) is 0.333. The minimum absolute atomic E-state index is 0.0639. The fourth-order valence-electron chi connectivity index (χ4n) is 1.03. The van der Waals surface area contributed by atoms with Gasteiger partial charge in [-0.3, -0.25) is 4.90 Å². The van der Waals surface area contributed by atoms with Crippen molar-refractivity contribution in [3.63, 3.8) is 0 Å². The Morgan fingerprint density at radius 3 is 2.93 bits per heavy atom. The lowest BCUT2D eigenvalue weighted by atomic mass is 10.3. The monoisotopic (exact) mass is 228 g/mol. The molecular weight excluding hydrogens is 216 g/mol. The number of thiocarbonyl (C=S) groups is 2. The molecule has 1 fully saturated rings. The minimum atomic E-state index is -0.0639. The van der Waals surface area contributed by atoms with E-state index in [9.17, 15) is 0 Å². The summed E-state index contributed by atoms with van der Waals surface area (Å²) in [5.41, 5.74) is 0. The molecule has 1 atom stereocenters. The molecule has 0 radical (unpaired) electrons. The number of hydrogen-bond donors (Lipinski definition) is 1. The van der Waals surface area contributed by atoms with Gasteiger partial charge in [-0.25, -0.2) is 0 Å². The van der Waals surface area contributed by atoms with Crippen LogP contribution in [0.5, 0.6) is 0 Å². The van der Waals surface area contributed by atoms with Gasteiger partial charge in [0.15, 0.2) is 5.11 Å². The molecule has 1 aliphatic heterocycles. The third kappa shape index (κ3) is 2.52. The van der Waals surface area contributed by atoms with Crippen LogP contribution in [0.3, 0.4) is 0 Å². The Bertz CT molecular complexity index is 278. The van der Waals surface area contributed by atoms with Crippen molar-refractivity contribution in [1.82, 2.24) is 10.2 Å². The molecule has 0 aromatic carbocycles. The zero-order valence-corrected chi connectivity index (χ0v) is 9.37. The molecule has 76 valence electrons. The number of ether oxygens (including phenoxy) is 1. The van der Waals surface area contributed by atoms with Crippen LogP contribution in [0.2, 0.25) is 0 Å². The highest BCUT2D eigenvalue weighted by molar-refractivity contribution is 7.81. The molecule has 3 nitrogen and oxygen atoms in total. The normalized spacial score (nSPS) is 20.1. The maximum Gasteiger partial charge on any atom is 0.266 e. The summed E-state index contributed by atoms with van der Waals surface area (Å²) in [5, 5.41) is 3.96. The van der Waals surface area contributed by atoms with Gasteiger partial charge in [0.1, 0.15) is 6.10 Å². The van der Waals surface area contributed by atoms with Gasteiger partial charge in [0, 0.05) is 6.54 Å². The zero-order chi connectivity index (χ0) is 10.6. The first-order valence-electron chi connectivity index (χ1n) is 4.18. The van der Waals surface area contributed by atoms with E-state index in [0.29, 0.717) is 23.4 Å². The van der Waals surface area contributed by atoms with Crippen molar-refractivity contribution in [3.8, 4) is 0 Å². The smallest absolute Gasteiger partial charge is 0.266 e. The van der Waals surface area contributed by atoms with E-state index in [0.717, 1.165) is 0 Å². The van der Waals surface area contributed by atoms with Crippen LogP contribution >= 0.6 is 24.4 Å². The molecule has 1 saturated heterocycles. The first-order chi connectivity index (χ1) is 6.69. The number of rotatable bonds is 3. The summed E-state index contributed by atoms with van der Waals surface area (Å²) in [6, 6.07) is 0. The van der Waals surface area contributed by atoms with Gasteiger partial charge in [0.25, 0.3) is 5.17 Å². The lowest BCUT2D eigenvalue weighted by Crippen LogP contribution is -2.40. The van der Waals surface area contributed by atoms with Crippen molar-refractivity contribution < 1.29 is 4.74 Å². The van der Waals surface area contributed by atoms with Crippen LogP contribution in [0, 0.1) is 0 Å². The standard InChI is InChI=1S/C9H12N2OS2/c1-3-5-10-8(13)11-6-7(4-2)12-9(11)14/h3-4,7H,1-2,5-6H2,(H,10,13). The predicted molar refractivity (Wildman–Crippen MR) is 65.2 cm³/mol. The molecule has 0 aromatic rings. The van der Waals surface area contributed by atoms with Gasteiger partial charge >= 0.3 is 0 Å². The summed E-state index contributed by atoms with van der Waals surface area (Å²) in [4.78, 5) is 1.74. The van der Waals surface area contributed by atoms with Crippen LogP contribution in [0.15, 0.2) is 25.3 Å². The lowest BCUT2D eigenvalue weighted by Gasteiger charge is -2.16. The maximum atomic E-state index is 5.31. The highest BCUT2D eigenvalue weighted by Gasteiger charge is 2.28. The van der Waals surface area contributed by atoms with Crippen molar-refractivity contribution in [2.24, 2.45) is 0 Å². The van der Waals surface area contributed by atoms with Crippen LogP contribution in [-0.4, -0.2) is 34.4 Å². The molecular formula is C9H12N2OS2. The van der Waals surface area contributed by atoms with Gasteiger partial charge in [-0.05, 0) is 30.5 Å². The van der Waals surface area contributed by atoms with Crippen molar-refractivity contribution in [3.05, 3.63) is 25.3 Å². The Balaban J connectivity index is 2.52. The molecule has 1 unspecified atom stereocenters. The van der Waals surface area contributed by atoms with E-state index in [-0.39, 0.29) is 6.10 Å². The Morgan fingerprint density at radius 1 is 1.71 bits per heavy atom. The Labute approximate surface area is 94.4 Å². The topological polar surface area (TPSA) is 24.5 Å². The first kappa shape index (κ1) is 11.1. The first-order valence-corrected chi connectivity index (χ1v) is 5.00. The van der Waals surface area contributed by atoms with Crippen molar-refractivity contribution in [2.75, 3.05) is 13.1 Å². The van der Waals surface area contributed by atoms with Gasteiger partial charge in [0.2, 0.25) is 0 Å². The van der Waals surface area contributed by atoms with Crippen LogP contribution in [0.25, 0.3) is 0 Å². The highest BCUT2D eigenvalue weighted by Crippen LogP contribution is 2.12. The van der Waals surface area contributed by atoms with E-state index >= 15 is 0 Å². The summed E-state index contributed by atoms with van der Waals surface area (Å²) in [6.07, 6.45) is 3.38. The molecule has 1 N–H and O–H groups in total. The third-order valence-corrected chi connectivity index (χ3v) is 2.42. The summed E-state index contributed by atoms with van der Waals surface area (Å²) in [7, 11) is 0. The van der Waals surface area contributed by atoms with Gasteiger partial charge in [-0.1, -0.05) is 12.7 Å². The predicted octanol–water partition coefficient (Wildman–Crippen LogP) is 1.22. The van der Waals surface area contributed by atoms with E-state index in [4.69, 9.17) is 29.2 Å². The molecule has 0 aliphatic carbocycles. The van der Waals surface area contributed by atoms with Gasteiger partial charge in [-0.2, -0.15) is 0 Å². The third-order valence-electron chi connectivity index (χ3n) is 1.74. The second-order valence-electron chi connectivity index (χ2n) is 2.74. The summed E-state index contributed by atoms with van der Waals surface area (Å²) < 4.78 is 5.31. The summed E-state index contributed by atoms with van der Waals surface area (Å²) in [6.45, 7) is 8.48. The average Bonchev–Trinajstić information content (AvgIpc) is 2.56. The van der Waals surface area contributed by atoms with Gasteiger partial charge in [-0.15, -0.1) is 6.58 Å². The average molecular weight is 228 g/mol. The van der Waals surface area contributed by atoms with Gasteiger partial charge in [0.05, 0.1) is 6.54 Å². The summed E-state index contributed by atoms with van der Waals surface area (Å²) in [5.74, 6) is 0. The SMILES string of the molecule is C=CCNC(=S)N1CC(C=C)OC1=S. The van der Waals surface area contributed by atoms with E-state index in [1.165, 1.54) is 0 Å². The lowest BCUT2D eigenvalue weighted by molar-refractivity contribution is 0.287. The summed E-state index contributed by atoms with van der Waals surface area (Å²) >= 11 is 10.1. The largest absolute Gasteiger partial charge is 0.461 e. The highest BCUT2D eigenvalue weighted by atomic mass is 32.1.